The lowest BCUT2D eigenvalue weighted by Crippen LogP contribution is -2.35. The average Bonchev–Trinajstić information content (AvgIpc) is 3.08. The molecule has 146 valence electrons. The Morgan fingerprint density at radius 1 is 1.26 bits per heavy atom. The van der Waals surface area contributed by atoms with Crippen LogP contribution in [-0.4, -0.2) is 42.0 Å². The number of aryl methyl sites for hydroxylation is 2. The molecule has 0 unspecified atom stereocenters. The largest absolute Gasteiger partial charge is 0.441 e. The van der Waals surface area contributed by atoms with Gasteiger partial charge in [0.1, 0.15) is 5.76 Å². The van der Waals surface area contributed by atoms with E-state index in [1.54, 1.807) is 6.92 Å². The predicted molar refractivity (Wildman–Crippen MR) is 108 cm³/mol. The summed E-state index contributed by atoms with van der Waals surface area (Å²) in [6, 6.07) is 8.11. The Kier molecular flexibility index (Phi) is 6.67. The molecule has 1 amide bonds. The van der Waals surface area contributed by atoms with Gasteiger partial charge in [0.25, 0.3) is 5.91 Å². The van der Waals surface area contributed by atoms with Gasteiger partial charge in [-0.05, 0) is 75.9 Å². The van der Waals surface area contributed by atoms with E-state index in [1.165, 1.54) is 31.5 Å². The molecule has 0 spiro atoms. The highest BCUT2D eigenvalue weighted by molar-refractivity contribution is 5.93. The number of benzene rings is 1. The molecule has 1 fully saturated rings. The van der Waals surface area contributed by atoms with Gasteiger partial charge in [-0.15, -0.1) is 0 Å². The lowest BCUT2D eigenvalue weighted by atomic mass is 9.99. The third-order valence-electron chi connectivity index (χ3n) is 5.43. The lowest BCUT2D eigenvalue weighted by Gasteiger charge is -2.30. The summed E-state index contributed by atoms with van der Waals surface area (Å²) in [5.41, 5.74) is 2.55. The van der Waals surface area contributed by atoms with E-state index in [2.05, 4.69) is 41.2 Å². The van der Waals surface area contributed by atoms with Crippen LogP contribution in [0.5, 0.6) is 0 Å². The van der Waals surface area contributed by atoms with Crippen LogP contribution in [0.25, 0.3) is 11.5 Å². The molecule has 1 aromatic carbocycles. The lowest BCUT2D eigenvalue weighted by molar-refractivity contribution is 0.0944. The molecule has 0 atom stereocenters. The second kappa shape index (κ2) is 9.18. The number of hydrogen-bond donors (Lipinski definition) is 1. The summed E-state index contributed by atoms with van der Waals surface area (Å²) < 4.78 is 5.73. The van der Waals surface area contributed by atoms with Crippen LogP contribution in [0.15, 0.2) is 28.7 Å². The minimum Gasteiger partial charge on any atom is -0.441 e. The van der Waals surface area contributed by atoms with Crippen LogP contribution in [0.4, 0.5) is 0 Å². The Labute approximate surface area is 162 Å². The van der Waals surface area contributed by atoms with Gasteiger partial charge in [0.2, 0.25) is 5.89 Å². The number of rotatable bonds is 7. The Balaban J connectivity index is 1.50. The second-order valence-corrected chi connectivity index (χ2v) is 7.61. The number of nitrogens with one attached hydrogen (secondary N) is 1. The summed E-state index contributed by atoms with van der Waals surface area (Å²) in [7, 11) is 0. The first-order valence-electron chi connectivity index (χ1n) is 10.1. The van der Waals surface area contributed by atoms with Gasteiger partial charge in [0.05, 0.1) is 0 Å². The zero-order chi connectivity index (χ0) is 19.2. The number of likely N-dealkylation sites (tertiary alicyclic amines) is 1. The third kappa shape index (κ3) is 5.19. The zero-order valence-corrected chi connectivity index (χ0v) is 16.8. The van der Waals surface area contributed by atoms with Crippen LogP contribution in [0.2, 0.25) is 0 Å². The van der Waals surface area contributed by atoms with E-state index < -0.39 is 0 Å². The summed E-state index contributed by atoms with van der Waals surface area (Å²) in [5.74, 6) is 1.76. The van der Waals surface area contributed by atoms with Gasteiger partial charge < -0.3 is 14.6 Å². The van der Waals surface area contributed by atoms with Gasteiger partial charge in [-0.25, -0.2) is 4.98 Å². The molecule has 2 aromatic rings. The van der Waals surface area contributed by atoms with Gasteiger partial charge in [0.15, 0.2) is 5.69 Å². The standard InChI is InChI=1S/C22H31N3O2/c1-4-18-6-8-19(9-7-18)22-24-20(17(3)27-22)21(26)23-12-5-13-25-14-10-16(2)11-15-25/h6-9,16H,4-5,10-15H2,1-3H3,(H,23,26). The van der Waals surface area contributed by atoms with Crippen LogP contribution in [0.3, 0.4) is 0 Å². The molecule has 1 saturated heterocycles. The molecule has 3 rings (SSSR count). The molecule has 1 aliphatic rings. The molecule has 0 bridgehead atoms. The smallest absolute Gasteiger partial charge is 0.273 e. The maximum atomic E-state index is 12.5. The van der Waals surface area contributed by atoms with Gasteiger partial charge in [-0.3, -0.25) is 4.79 Å². The number of carbonyl (C=O) groups excluding carboxylic acids is 1. The molecular formula is C22H31N3O2. The summed E-state index contributed by atoms with van der Waals surface area (Å²) >= 11 is 0. The minimum absolute atomic E-state index is 0.153. The number of nitrogens with zero attached hydrogens (tertiary/aromatic N) is 2. The van der Waals surface area contributed by atoms with E-state index in [1.807, 2.05) is 12.1 Å². The van der Waals surface area contributed by atoms with E-state index in [4.69, 9.17) is 4.42 Å². The Morgan fingerprint density at radius 3 is 2.63 bits per heavy atom. The average molecular weight is 370 g/mol. The van der Waals surface area contributed by atoms with E-state index in [0.29, 0.717) is 23.9 Å². The molecule has 2 heterocycles. The molecule has 0 aliphatic carbocycles. The van der Waals surface area contributed by atoms with Crippen molar-refractivity contribution >= 4 is 5.91 Å². The van der Waals surface area contributed by atoms with Crippen molar-refractivity contribution in [1.29, 1.82) is 0 Å². The number of piperidine rings is 1. The predicted octanol–water partition coefficient (Wildman–Crippen LogP) is 4.06. The highest BCUT2D eigenvalue weighted by atomic mass is 16.4. The highest BCUT2D eigenvalue weighted by Crippen LogP contribution is 2.22. The summed E-state index contributed by atoms with van der Waals surface area (Å²) in [6.45, 7) is 10.3. The fourth-order valence-electron chi connectivity index (χ4n) is 3.49. The fourth-order valence-corrected chi connectivity index (χ4v) is 3.49. The highest BCUT2D eigenvalue weighted by Gasteiger charge is 2.18. The molecule has 5 nitrogen and oxygen atoms in total. The van der Waals surface area contributed by atoms with Gasteiger partial charge in [0, 0.05) is 12.1 Å². The quantitative estimate of drug-likeness (QED) is 0.748. The topological polar surface area (TPSA) is 58.4 Å². The first kappa shape index (κ1) is 19.6. The Bertz CT molecular complexity index is 743. The second-order valence-electron chi connectivity index (χ2n) is 7.61. The monoisotopic (exact) mass is 369 g/mol. The van der Waals surface area contributed by atoms with Crippen molar-refractivity contribution in [1.82, 2.24) is 15.2 Å². The van der Waals surface area contributed by atoms with Crippen LogP contribution < -0.4 is 5.32 Å². The maximum absolute atomic E-state index is 12.5. The molecule has 1 aromatic heterocycles. The van der Waals surface area contributed by atoms with E-state index >= 15 is 0 Å². The van der Waals surface area contributed by atoms with Crippen LogP contribution in [0, 0.1) is 12.8 Å². The maximum Gasteiger partial charge on any atom is 0.273 e. The van der Waals surface area contributed by atoms with Crippen molar-refractivity contribution in [3.05, 3.63) is 41.3 Å². The van der Waals surface area contributed by atoms with Crippen LogP contribution in [0.1, 0.15) is 54.9 Å². The van der Waals surface area contributed by atoms with Crippen molar-refractivity contribution in [3.8, 4) is 11.5 Å². The van der Waals surface area contributed by atoms with Gasteiger partial charge in [-0.1, -0.05) is 26.0 Å². The van der Waals surface area contributed by atoms with Crippen molar-refractivity contribution in [3.63, 3.8) is 0 Å². The molecule has 1 aliphatic heterocycles. The SMILES string of the molecule is CCc1ccc(-c2nc(C(=O)NCCCN3CCC(C)CC3)c(C)o2)cc1. The first-order valence-corrected chi connectivity index (χ1v) is 10.1. The Morgan fingerprint density at radius 2 is 1.96 bits per heavy atom. The number of hydrogen-bond acceptors (Lipinski definition) is 4. The fraction of sp³-hybridized carbons (Fsp3) is 0.545. The molecule has 5 heteroatoms. The number of amides is 1. The van der Waals surface area contributed by atoms with Crippen LogP contribution >= 0.6 is 0 Å². The zero-order valence-electron chi connectivity index (χ0n) is 16.8. The molecule has 0 saturated carbocycles. The molecule has 1 N–H and O–H groups in total. The van der Waals surface area contributed by atoms with Gasteiger partial charge in [-0.2, -0.15) is 0 Å². The Hall–Kier alpha value is -2.14. The van der Waals surface area contributed by atoms with Crippen LogP contribution in [-0.2, 0) is 6.42 Å². The normalized spacial score (nSPS) is 15.8. The van der Waals surface area contributed by atoms with E-state index in [0.717, 1.165) is 30.9 Å². The third-order valence-corrected chi connectivity index (χ3v) is 5.43. The van der Waals surface area contributed by atoms with Crippen molar-refractivity contribution < 1.29 is 9.21 Å². The van der Waals surface area contributed by atoms with E-state index in [9.17, 15) is 4.79 Å². The number of oxazole rings is 1. The van der Waals surface area contributed by atoms with Crippen molar-refractivity contribution in [2.45, 2.75) is 46.5 Å². The number of aromatic nitrogens is 1. The minimum atomic E-state index is -0.153. The summed E-state index contributed by atoms with van der Waals surface area (Å²) in [6.07, 6.45) is 4.52. The van der Waals surface area contributed by atoms with E-state index in [-0.39, 0.29) is 5.91 Å². The molecular weight excluding hydrogens is 338 g/mol. The van der Waals surface area contributed by atoms with Gasteiger partial charge >= 0.3 is 0 Å². The van der Waals surface area contributed by atoms with Crippen molar-refractivity contribution in [2.24, 2.45) is 5.92 Å². The summed E-state index contributed by atoms with van der Waals surface area (Å²) in [5, 5.41) is 2.98. The first-order chi connectivity index (χ1) is 13.1. The molecule has 27 heavy (non-hydrogen) atoms. The summed E-state index contributed by atoms with van der Waals surface area (Å²) in [4.78, 5) is 19.4. The molecule has 0 radical (unpaired) electrons. The number of carbonyl (C=O) groups is 1. The van der Waals surface area contributed by atoms with Crippen molar-refractivity contribution in [2.75, 3.05) is 26.2 Å².